The summed E-state index contributed by atoms with van der Waals surface area (Å²) >= 11 is 7.52. The molecule has 0 radical (unpaired) electrons. The molecule has 1 N–H and O–H groups in total. The van der Waals surface area contributed by atoms with E-state index >= 15 is 0 Å². The molecule has 4 nitrogen and oxygen atoms in total. The van der Waals surface area contributed by atoms with Gasteiger partial charge in [-0.05, 0) is 19.0 Å². The summed E-state index contributed by atoms with van der Waals surface area (Å²) in [6.07, 6.45) is 4.61. The van der Waals surface area contributed by atoms with Crippen LogP contribution < -0.4 is 5.32 Å². The Morgan fingerprint density at radius 3 is 3.12 bits per heavy atom. The lowest BCUT2D eigenvalue weighted by Crippen LogP contribution is -2.16. The number of halogens is 1. The molecule has 16 heavy (non-hydrogen) atoms. The molecule has 0 saturated carbocycles. The monoisotopic (exact) mass is 256 g/mol. The van der Waals surface area contributed by atoms with Gasteiger partial charge in [-0.3, -0.25) is 4.68 Å². The lowest BCUT2D eigenvalue weighted by molar-refractivity contribution is 0.531. The second kappa shape index (κ2) is 5.98. The van der Waals surface area contributed by atoms with Crippen LogP contribution in [0.2, 0.25) is 5.02 Å². The van der Waals surface area contributed by atoms with Crippen LogP contribution >= 0.6 is 22.9 Å². The maximum absolute atomic E-state index is 5.83. The number of aryl methyl sites for hydroxylation is 1. The first-order valence-electron chi connectivity index (χ1n) is 5.12. The summed E-state index contributed by atoms with van der Waals surface area (Å²) in [4.78, 5) is 1.27. The Labute approximate surface area is 103 Å². The molecule has 0 spiro atoms. The van der Waals surface area contributed by atoms with Crippen molar-refractivity contribution in [3.63, 3.8) is 0 Å². The number of nitrogens with zero attached hydrogens (tertiary/aromatic N) is 3. The van der Waals surface area contributed by atoms with E-state index in [1.165, 1.54) is 4.88 Å². The van der Waals surface area contributed by atoms with Crippen LogP contribution in [0.4, 0.5) is 0 Å². The van der Waals surface area contributed by atoms with Gasteiger partial charge in [0.1, 0.15) is 0 Å². The normalized spacial score (nSPS) is 10.8. The Kier molecular flexibility index (Phi) is 4.33. The van der Waals surface area contributed by atoms with Crippen LogP contribution in [0.5, 0.6) is 0 Å². The third-order valence-electron chi connectivity index (χ3n) is 2.13. The molecule has 0 aliphatic carbocycles. The van der Waals surface area contributed by atoms with Crippen molar-refractivity contribution in [2.45, 2.75) is 19.5 Å². The summed E-state index contributed by atoms with van der Waals surface area (Å²) < 4.78 is 1.84. The second-order valence-corrected chi connectivity index (χ2v) is 4.86. The maximum atomic E-state index is 5.83. The summed E-state index contributed by atoms with van der Waals surface area (Å²) in [7, 11) is 0. The highest BCUT2D eigenvalue weighted by atomic mass is 35.5. The van der Waals surface area contributed by atoms with E-state index in [2.05, 4.69) is 15.6 Å². The smallest absolute Gasteiger partial charge is 0.0692 e. The fraction of sp³-hybridized carbons (Fsp3) is 0.400. The van der Waals surface area contributed by atoms with Crippen LogP contribution in [0.1, 0.15) is 11.3 Å². The number of aromatic nitrogens is 3. The van der Waals surface area contributed by atoms with Crippen molar-refractivity contribution in [2.24, 2.45) is 0 Å². The van der Waals surface area contributed by atoms with Gasteiger partial charge in [0.2, 0.25) is 0 Å². The number of hydrogen-bond acceptors (Lipinski definition) is 4. The van der Waals surface area contributed by atoms with Gasteiger partial charge in [0.15, 0.2) is 0 Å². The SMILES string of the molecule is Clc1csc(CNCCCn2ccnn2)c1. The summed E-state index contributed by atoms with van der Waals surface area (Å²) in [6.45, 7) is 2.75. The molecule has 0 bridgehead atoms. The zero-order valence-corrected chi connectivity index (χ0v) is 10.3. The summed E-state index contributed by atoms with van der Waals surface area (Å²) in [6, 6.07) is 2.00. The predicted molar refractivity (Wildman–Crippen MR) is 65.7 cm³/mol. The minimum atomic E-state index is 0.824. The Morgan fingerprint density at radius 2 is 2.44 bits per heavy atom. The van der Waals surface area contributed by atoms with E-state index in [0.29, 0.717) is 0 Å². The van der Waals surface area contributed by atoms with Gasteiger partial charge in [0.05, 0.1) is 11.2 Å². The van der Waals surface area contributed by atoms with Crippen molar-refractivity contribution in [1.82, 2.24) is 20.3 Å². The van der Waals surface area contributed by atoms with Crippen LogP contribution in [0, 0.1) is 0 Å². The van der Waals surface area contributed by atoms with Crippen molar-refractivity contribution in [2.75, 3.05) is 6.54 Å². The standard InChI is InChI=1S/C10H13ClN4S/c11-9-6-10(16-8-9)7-12-2-1-4-15-5-3-13-14-15/h3,5-6,8,12H,1-2,4,7H2. The minimum absolute atomic E-state index is 0.824. The lowest BCUT2D eigenvalue weighted by Gasteiger charge is -2.02. The molecule has 0 unspecified atom stereocenters. The van der Waals surface area contributed by atoms with Crippen molar-refractivity contribution >= 4 is 22.9 Å². The van der Waals surface area contributed by atoms with E-state index in [4.69, 9.17) is 11.6 Å². The van der Waals surface area contributed by atoms with E-state index in [9.17, 15) is 0 Å². The zero-order valence-electron chi connectivity index (χ0n) is 8.77. The summed E-state index contributed by atoms with van der Waals surface area (Å²) in [5.41, 5.74) is 0. The number of hydrogen-bond donors (Lipinski definition) is 1. The molecule has 0 atom stereocenters. The van der Waals surface area contributed by atoms with Crippen LogP contribution in [0.3, 0.4) is 0 Å². The van der Waals surface area contributed by atoms with Gasteiger partial charge in [-0.25, -0.2) is 0 Å². The van der Waals surface area contributed by atoms with Crippen molar-refractivity contribution in [3.8, 4) is 0 Å². The molecule has 6 heteroatoms. The van der Waals surface area contributed by atoms with E-state index in [-0.39, 0.29) is 0 Å². The number of rotatable bonds is 6. The molecule has 2 rings (SSSR count). The third kappa shape index (κ3) is 3.59. The molecule has 2 heterocycles. The molecule has 0 amide bonds. The molecule has 0 fully saturated rings. The average molecular weight is 257 g/mol. The first-order valence-corrected chi connectivity index (χ1v) is 6.38. The maximum Gasteiger partial charge on any atom is 0.0692 e. The lowest BCUT2D eigenvalue weighted by atomic mass is 10.4. The van der Waals surface area contributed by atoms with Gasteiger partial charge in [0.25, 0.3) is 0 Å². The highest BCUT2D eigenvalue weighted by Crippen LogP contribution is 2.18. The first-order chi connectivity index (χ1) is 7.84. The average Bonchev–Trinajstić information content (AvgIpc) is 2.89. The zero-order chi connectivity index (χ0) is 11.2. The topological polar surface area (TPSA) is 42.7 Å². The van der Waals surface area contributed by atoms with Crippen molar-refractivity contribution < 1.29 is 0 Å². The van der Waals surface area contributed by atoms with Crippen molar-refractivity contribution in [3.05, 3.63) is 33.7 Å². The van der Waals surface area contributed by atoms with Gasteiger partial charge in [-0.2, -0.15) is 0 Å². The van der Waals surface area contributed by atoms with Crippen molar-refractivity contribution in [1.29, 1.82) is 0 Å². The summed E-state index contributed by atoms with van der Waals surface area (Å²) in [5, 5.41) is 13.8. The molecule has 0 saturated heterocycles. The van der Waals surface area contributed by atoms with Crippen LogP contribution in [-0.2, 0) is 13.1 Å². The molecule has 0 aliphatic rings. The highest BCUT2D eigenvalue weighted by molar-refractivity contribution is 7.10. The van der Waals surface area contributed by atoms with Crippen LogP contribution in [0.15, 0.2) is 23.8 Å². The molecular weight excluding hydrogens is 244 g/mol. The van der Waals surface area contributed by atoms with Gasteiger partial charge in [-0.15, -0.1) is 16.4 Å². The van der Waals surface area contributed by atoms with E-state index < -0.39 is 0 Å². The largest absolute Gasteiger partial charge is 0.312 e. The highest BCUT2D eigenvalue weighted by Gasteiger charge is 1.97. The molecule has 2 aromatic heterocycles. The first kappa shape index (κ1) is 11.6. The van der Waals surface area contributed by atoms with E-state index in [1.54, 1.807) is 17.5 Å². The number of thiophene rings is 1. The second-order valence-electron chi connectivity index (χ2n) is 3.43. The van der Waals surface area contributed by atoms with Gasteiger partial charge in [-0.1, -0.05) is 16.8 Å². The molecule has 2 aromatic rings. The fourth-order valence-corrected chi connectivity index (χ4v) is 2.42. The predicted octanol–water partition coefficient (Wildman–Crippen LogP) is 2.17. The Bertz CT molecular complexity index is 412. The number of nitrogens with one attached hydrogen (secondary N) is 1. The summed E-state index contributed by atoms with van der Waals surface area (Å²) in [5.74, 6) is 0. The molecule has 0 aromatic carbocycles. The Morgan fingerprint density at radius 1 is 1.50 bits per heavy atom. The third-order valence-corrected chi connectivity index (χ3v) is 3.42. The van der Waals surface area contributed by atoms with E-state index in [0.717, 1.165) is 31.1 Å². The van der Waals surface area contributed by atoms with Gasteiger partial charge < -0.3 is 5.32 Å². The minimum Gasteiger partial charge on any atom is -0.312 e. The fourth-order valence-electron chi connectivity index (χ4n) is 1.38. The molecular formula is C10H13ClN4S. The van der Waals surface area contributed by atoms with Crippen LogP contribution in [0.25, 0.3) is 0 Å². The van der Waals surface area contributed by atoms with Gasteiger partial charge >= 0.3 is 0 Å². The molecule has 0 aliphatic heterocycles. The van der Waals surface area contributed by atoms with Crippen LogP contribution in [-0.4, -0.2) is 21.5 Å². The van der Waals surface area contributed by atoms with E-state index in [1.807, 2.05) is 22.3 Å². The quantitative estimate of drug-likeness (QED) is 0.806. The van der Waals surface area contributed by atoms with Gasteiger partial charge in [0, 0.05) is 29.5 Å². The molecule has 86 valence electrons. The Hall–Kier alpha value is -0.910. The Balaban J connectivity index is 1.59.